The van der Waals surface area contributed by atoms with E-state index in [1.165, 1.54) is 12.1 Å². The zero-order valence-corrected chi connectivity index (χ0v) is 20.4. The first kappa shape index (κ1) is 26.3. The molecule has 0 saturated heterocycles. The van der Waals surface area contributed by atoms with Crippen LogP contribution in [0.4, 0.5) is 13.2 Å². The van der Waals surface area contributed by atoms with Gasteiger partial charge in [-0.2, -0.15) is 13.2 Å². The molecule has 8 heteroatoms. The van der Waals surface area contributed by atoms with Gasteiger partial charge in [-0.05, 0) is 41.7 Å². The molecule has 2 amide bonds. The second-order valence-electron chi connectivity index (χ2n) is 9.14. The predicted molar refractivity (Wildman–Crippen MR) is 131 cm³/mol. The first-order chi connectivity index (χ1) is 16.6. The summed E-state index contributed by atoms with van der Waals surface area (Å²) >= 11 is 0. The molecule has 5 nitrogen and oxygen atoms in total. The summed E-state index contributed by atoms with van der Waals surface area (Å²) < 4.78 is 38.9. The molecule has 3 rings (SSSR count). The summed E-state index contributed by atoms with van der Waals surface area (Å²) in [5.41, 5.74) is 1.92. The van der Waals surface area contributed by atoms with Crippen molar-refractivity contribution < 1.29 is 22.8 Å². The molecule has 0 fully saturated rings. The van der Waals surface area contributed by atoms with Crippen LogP contribution < -0.4 is 0 Å². The Bertz CT molecular complexity index is 1140. The van der Waals surface area contributed by atoms with Gasteiger partial charge in [0.1, 0.15) is 0 Å². The lowest BCUT2D eigenvalue weighted by molar-refractivity contribution is -0.141. The zero-order chi connectivity index (χ0) is 25.6. The van der Waals surface area contributed by atoms with E-state index in [1.807, 2.05) is 44.3 Å². The lowest BCUT2D eigenvalue weighted by Crippen LogP contribution is -2.44. The van der Waals surface area contributed by atoms with Crippen molar-refractivity contribution in [1.29, 1.82) is 0 Å². The number of carbonyl (C=O) groups excluding carboxylic acids is 2. The van der Waals surface area contributed by atoms with E-state index >= 15 is 0 Å². The van der Waals surface area contributed by atoms with E-state index in [-0.39, 0.29) is 30.8 Å². The summed E-state index contributed by atoms with van der Waals surface area (Å²) in [6, 6.07) is 12.7. The molecular weight excluding hydrogens is 455 g/mol. The molecule has 0 aliphatic rings. The summed E-state index contributed by atoms with van der Waals surface area (Å²) in [4.78, 5) is 32.2. The van der Waals surface area contributed by atoms with Gasteiger partial charge >= 0.3 is 6.18 Å². The van der Waals surface area contributed by atoms with Crippen LogP contribution in [0.2, 0.25) is 0 Å². The molecule has 188 valence electrons. The summed E-state index contributed by atoms with van der Waals surface area (Å²) in [5.74, 6) is -0.127. The molecule has 0 atom stereocenters. The molecule has 0 bridgehead atoms. The monoisotopic (exact) mass is 487 g/mol. The van der Waals surface area contributed by atoms with Crippen LogP contribution in [0.15, 0.2) is 54.7 Å². The summed E-state index contributed by atoms with van der Waals surface area (Å²) in [6.45, 7) is 6.67. The fraction of sp³-hybridized carbons (Fsp3) is 0.407. The van der Waals surface area contributed by atoms with Crippen molar-refractivity contribution in [3.05, 3.63) is 71.4 Å². The van der Waals surface area contributed by atoms with Gasteiger partial charge in [0.15, 0.2) is 0 Å². The van der Waals surface area contributed by atoms with Crippen molar-refractivity contribution in [2.75, 3.05) is 19.6 Å². The van der Waals surface area contributed by atoms with Crippen LogP contribution in [0.1, 0.15) is 43.9 Å². The number of rotatable bonds is 10. The van der Waals surface area contributed by atoms with Crippen molar-refractivity contribution >= 4 is 22.7 Å². The van der Waals surface area contributed by atoms with Gasteiger partial charge in [0.05, 0.1) is 12.1 Å². The predicted octanol–water partition coefficient (Wildman–Crippen LogP) is 5.65. The van der Waals surface area contributed by atoms with Gasteiger partial charge < -0.3 is 14.8 Å². The van der Waals surface area contributed by atoms with E-state index in [4.69, 9.17) is 0 Å². The molecule has 35 heavy (non-hydrogen) atoms. The zero-order valence-electron chi connectivity index (χ0n) is 20.4. The third-order valence-electron chi connectivity index (χ3n) is 5.90. The fourth-order valence-electron chi connectivity index (χ4n) is 4.09. The van der Waals surface area contributed by atoms with Crippen molar-refractivity contribution in [2.24, 2.45) is 5.92 Å². The highest BCUT2D eigenvalue weighted by Crippen LogP contribution is 2.29. The third kappa shape index (κ3) is 7.10. The molecule has 2 aromatic carbocycles. The van der Waals surface area contributed by atoms with E-state index in [9.17, 15) is 22.8 Å². The number of hydrogen-bond acceptors (Lipinski definition) is 2. The first-order valence-electron chi connectivity index (χ1n) is 11.8. The van der Waals surface area contributed by atoms with E-state index in [1.54, 1.807) is 16.7 Å². The second-order valence-corrected chi connectivity index (χ2v) is 9.14. The Morgan fingerprint density at radius 3 is 2.29 bits per heavy atom. The number of hydrogen-bond donors (Lipinski definition) is 1. The highest BCUT2D eigenvalue weighted by Gasteiger charge is 2.30. The Hall–Kier alpha value is -3.29. The number of aromatic amines is 1. The van der Waals surface area contributed by atoms with Crippen LogP contribution in [0.5, 0.6) is 0 Å². The lowest BCUT2D eigenvalue weighted by Gasteiger charge is -2.29. The number of benzene rings is 2. The van der Waals surface area contributed by atoms with E-state index < -0.39 is 11.7 Å². The molecule has 3 aromatic rings. The van der Waals surface area contributed by atoms with Gasteiger partial charge in [0.25, 0.3) is 0 Å². The number of H-pyrrole nitrogens is 1. The van der Waals surface area contributed by atoms with Gasteiger partial charge in [-0.15, -0.1) is 0 Å². The Labute approximate surface area is 203 Å². The van der Waals surface area contributed by atoms with Crippen molar-refractivity contribution in [3.63, 3.8) is 0 Å². The van der Waals surface area contributed by atoms with Crippen molar-refractivity contribution in [2.45, 2.75) is 46.3 Å². The van der Waals surface area contributed by atoms with Crippen LogP contribution in [-0.2, 0) is 28.7 Å². The Balaban J connectivity index is 1.80. The number of fused-ring (bicyclic) bond motifs is 1. The molecule has 0 spiro atoms. The minimum absolute atomic E-state index is 0.0562. The number of nitrogens with one attached hydrogen (secondary N) is 1. The Morgan fingerprint density at radius 1 is 0.971 bits per heavy atom. The Morgan fingerprint density at radius 2 is 1.66 bits per heavy atom. The maximum absolute atomic E-state index is 13.4. The first-order valence-corrected chi connectivity index (χ1v) is 11.8. The summed E-state index contributed by atoms with van der Waals surface area (Å²) in [6.07, 6.45) is -1.63. The highest BCUT2D eigenvalue weighted by atomic mass is 19.4. The molecule has 0 radical (unpaired) electrons. The van der Waals surface area contributed by atoms with Crippen LogP contribution in [0, 0.1) is 5.92 Å². The summed E-state index contributed by atoms with van der Waals surface area (Å²) in [5, 5.41) is 1.07. The third-order valence-corrected chi connectivity index (χ3v) is 5.90. The normalized spacial score (nSPS) is 11.7. The van der Waals surface area contributed by atoms with Crippen LogP contribution in [0.25, 0.3) is 10.9 Å². The van der Waals surface area contributed by atoms with E-state index in [0.29, 0.717) is 31.5 Å². The van der Waals surface area contributed by atoms with Gasteiger partial charge in [-0.25, -0.2) is 0 Å². The number of carbonyl (C=O) groups is 2. The lowest BCUT2D eigenvalue weighted by atomic mass is 10.1. The molecule has 0 unspecified atom stereocenters. The van der Waals surface area contributed by atoms with Crippen molar-refractivity contribution in [3.8, 4) is 0 Å². The van der Waals surface area contributed by atoms with Gasteiger partial charge in [-0.3, -0.25) is 9.59 Å². The molecular formula is C27H32F3N3O2. The molecule has 1 heterocycles. The highest BCUT2D eigenvalue weighted by molar-refractivity contribution is 5.85. The van der Waals surface area contributed by atoms with E-state index in [0.717, 1.165) is 28.6 Å². The molecule has 0 aliphatic heterocycles. The van der Waals surface area contributed by atoms with Crippen molar-refractivity contribution in [1.82, 2.24) is 14.8 Å². The maximum atomic E-state index is 13.4. The number of alkyl halides is 3. The number of nitrogens with zero attached hydrogens (tertiary/aromatic N) is 2. The maximum Gasteiger partial charge on any atom is 0.416 e. The topological polar surface area (TPSA) is 56.4 Å². The SMILES string of the molecule is CCC(=O)N(CC(=O)N(CCc1c[nH]c2ccccc12)Cc1ccc(C(F)(F)F)cc1)CC(C)C. The average molecular weight is 488 g/mol. The number of aromatic nitrogens is 1. The molecule has 1 N–H and O–H groups in total. The van der Waals surface area contributed by atoms with Crippen LogP contribution in [-0.4, -0.2) is 46.2 Å². The number of para-hydroxylation sites is 1. The van der Waals surface area contributed by atoms with Crippen LogP contribution in [0.3, 0.4) is 0 Å². The standard InChI is InChI=1S/C27H32F3N3O2/c1-4-25(34)33(16-19(2)3)18-26(35)32(17-20-9-11-22(12-10-20)27(28,29)30)14-13-21-15-31-24-8-6-5-7-23(21)24/h5-12,15,19,31H,4,13-14,16-18H2,1-3H3. The molecule has 0 saturated carbocycles. The van der Waals surface area contributed by atoms with Gasteiger partial charge in [0, 0.05) is 43.2 Å². The quantitative estimate of drug-likeness (QED) is 0.402. The number of amides is 2. The van der Waals surface area contributed by atoms with Gasteiger partial charge in [-0.1, -0.05) is 51.1 Å². The largest absolute Gasteiger partial charge is 0.416 e. The van der Waals surface area contributed by atoms with Crippen LogP contribution >= 0.6 is 0 Å². The van der Waals surface area contributed by atoms with Gasteiger partial charge in [0.2, 0.25) is 11.8 Å². The molecule has 0 aliphatic carbocycles. The second kappa shape index (κ2) is 11.4. The molecule has 1 aromatic heterocycles. The number of halogens is 3. The minimum Gasteiger partial charge on any atom is -0.361 e. The average Bonchev–Trinajstić information content (AvgIpc) is 3.23. The fourth-order valence-corrected chi connectivity index (χ4v) is 4.09. The Kier molecular flexibility index (Phi) is 8.59. The summed E-state index contributed by atoms with van der Waals surface area (Å²) in [7, 11) is 0. The van der Waals surface area contributed by atoms with E-state index in [2.05, 4.69) is 4.98 Å². The minimum atomic E-state index is -4.42. The smallest absolute Gasteiger partial charge is 0.361 e.